The molecule has 0 heterocycles. The molecule has 3 aromatic carbocycles. The van der Waals surface area contributed by atoms with Crippen LogP contribution in [0.2, 0.25) is 0 Å². The third-order valence-corrected chi connectivity index (χ3v) is 4.11. The Hall–Kier alpha value is -2.95. The molecule has 0 unspecified atom stereocenters. The number of phenolic OH excluding ortho intramolecular Hbond substituents is 1. The first kappa shape index (κ1) is 16.9. The van der Waals surface area contributed by atoms with Gasteiger partial charge in [0.1, 0.15) is 17.3 Å². The molecule has 0 fully saturated rings. The van der Waals surface area contributed by atoms with E-state index in [1.54, 1.807) is 31.2 Å². The molecule has 3 rings (SSSR count). The fraction of sp³-hybridized carbons (Fsp3) is 0.100. The number of nitrogens with zero attached hydrogens (tertiary/aromatic N) is 1. The molecule has 0 aromatic heterocycles. The molecule has 0 amide bonds. The summed E-state index contributed by atoms with van der Waals surface area (Å²) in [5, 5.41) is 9.54. The molecule has 25 heavy (non-hydrogen) atoms. The van der Waals surface area contributed by atoms with Crippen molar-refractivity contribution < 1.29 is 18.3 Å². The van der Waals surface area contributed by atoms with E-state index < -0.39 is 17.4 Å². The molecule has 0 saturated carbocycles. The molecule has 0 aliphatic heterocycles. The SMILES string of the molecule is Cc1ccc(-c2cccc(F)c2)cc1N(C)c1c(F)ccc(O)c1F. The monoisotopic (exact) mass is 343 g/mol. The normalized spacial score (nSPS) is 10.8. The van der Waals surface area contributed by atoms with Gasteiger partial charge in [0.25, 0.3) is 0 Å². The molecule has 0 spiro atoms. The lowest BCUT2D eigenvalue weighted by Gasteiger charge is -2.23. The second-order valence-corrected chi connectivity index (χ2v) is 5.80. The van der Waals surface area contributed by atoms with Crippen LogP contribution in [0, 0.1) is 24.4 Å². The van der Waals surface area contributed by atoms with Crippen LogP contribution in [0.5, 0.6) is 5.75 Å². The van der Waals surface area contributed by atoms with Gasteiger partial charge in [0, 0.05) is 12.7 Å². The first-order valence-corrected chi connectivity index (χ1v) is 7.66. The summed E-state index contributed by atoms with van der Waals surface area (Å²) < 4.78 is 41.8. The van der Waals surface area contributed by atoms with Crippen LogP contribution >= 0.6 is 0 Å². The van der Waals surface area contributed by atoms with Crippen molar-refractivity contribution in [3.05, 3.63) is 77.6 Å². The number of benzene rings is 3. The summed E-state index contributed by atoms with van der Waals surface area (Å²) in [4.78, 5) is 1.34. The molecule has 1 N–H and O–H groups in total. The zero-order valence-corrected chi connectivity index (χ0v) is 13.7. The second kappa shape index (κ2) is 6.51. The second-order valence-electron chi connectivity index (χ2n) is 5.80. The smallest absolute Gasteiger partial charge is 0.191 e. The minimum absolute atomic E-state index is 0.348. The molecule has 0 radical (unpaired) electrons. The lowest BCUT2D eigenvalue weighted by Crippen LogP contribution is -2.14. The van der Waals surface area contributed by atoms with Gasteiger partial charge < -0.3 is 10.0 Å². The first-order valence-electron chi connectivity index (χ1n) is 7.66. The average molecular weight is 343 g/mol. The third-order valence-electron chi connectivity index (χ3n) is 4.11. The maximum absolute atomic E-state index is 14.2. The Bertz CT molecular complexity index is 940. The van der Waals surface area contributed by atoms with Crippen LogP contribution in [0.1, 0.15) is 5.56 Å². The van der Waals surface area contributed by atoms with Crippen molar-refractivity contribution in [3.63, 3.8) is 0 Å². The maximum Gasteiger partial charge on any atom is 0.191 e. The van der Waals surface area contributed by atoms with E-state index in [1.807, 2.05) is 6.07 Å². The van der Waals surface area contributed by atoms with Gasteiger partial charge >= 0.3 is 0 Å². The third kappa shape index (κ3) is 3.18. The Labute approximate surface area is 143 Å². The van der Waals surface area contributed by atoms with Crippen molar-refractivity contribution in [2.75, 3.05) is 11.9 Å². The lowest BCUT2D eigenvalue weighted by molar-refractivity contribution is 0.429. The van der Waals surface area contributed by atoms with Crippen molar-refractivity contribution in [2.24, 2.45) is 0 Å². The summed E-state index contributed by atoms with van der Waals surface area (Å²) in [6, 6.07) is 13.4. The Kier molecular flexibility index (Phi) is 4.40. The van der Waals surface area contributed by atoms with Crippen molar-refractivity contribution in [2.45, 2.75) is 6.92 Å². The molecular weight excluding hydrogens is 327 g/mol. The number of aryl methyl sites for hydroxylation is 1. The number of rotatable bonds is 3. The number of anilines is 2. The fourth-order valence-electron chi connectivity index (χ4n) is 2.78. The van der Waals surface area contributed by atoms with E-state index in [9.17, 15) is 18.3 Å². The molecular formula is C20H16F3NO. The predicted molar refractivity (Wildman–Crippen MR) is 92.7 cm³/mol. The molecule has 0 atom stereocenters. The van der Waals surface area contributed by atoms with Crippen LogP contribution in [0.25, 0.3) is 11.1 Å². The van der Waals surface area contributed by atoms with Crippen LogP contribution in [0.15, 0.2) is 54.6 Å². The van der Waals surface area contributed by atoms with Gasteiger partial charge in [0.05, 0.1) is 0 Å². The van der Waals surface area contributed by atoms with Crippen molar-refractivity contribution in [1.29, 1.82) is 0 Å². The van der Waals surface area contributed by atoms with Crippen molar-refractivity contribution in [1.82, 2.24) is 0 Å². The van der Waals surface area contributed by atoms with Crippen molar-refractivity contribution >= 4 is 11.4 Å². The van der Waals surface area contributed by atoms with E-state index >= 15 is 0 Å². The summed E-state index contributed by atoms with van der Waals surface area (Å²) in [5.74, 6) is -2.80. The molecule has 0 aliphatic rings. The Balaban J connectivity index is 2.12. The average Bonchev–Trinajstić information content (AvgIpc) is 2.59. The lowest BCUT2D eigenvalue weighted by atomic mass is 10.0. The van der Waals surface area contributed by atoms with Gasteiger partial charge in [0.15, 0.2) is 11.6 Å². The van der Waals surface area contributed by atoms with Gasteiger partial charge in [0.2, 0.25) is 0 Å². The van der Waals surface area contributed by atoms with Crippen LogP contribution < -0.4 is 4.90 Å². The number of aromatic hydroxyl groups is 1. The highest BCUT2D eigenvalue weighted by atomic mass is 19.1. The zero-order chi connectivity index (χ0) is 18.1. The molecule has 2 nitrogen and oxygen atoms in total. The molecule has 3 aromatic rings. The Morgan fingerprint density at radius 2 is 1.60 bits per heavy atom. The summed E-state index contributed by atoms with van der Waals surface area (Å²) in [7, 11) is 1.51. The summed E-state index contributed by atoms with van der Waals surface area (Å²) in [6.07, 6.45) is 0. The zero-order valence-electron chi connectivity index (χ0n) is 13.7. The quantitative estimate of drug-likeness (QED) is 0.674. The van der Waals surface area contributed by atoms with Crippen LogP contribution in [0.3, 0.4) is 0 Å². The molecule has 0 aliphatic carbocycles. The Morgan fingerprint density at radius 3 is 2.32 bits per heavy atom. The van der Waals surface area contributed by atoms with Gasteiger partial charge in [-0.15, -0.1) is 0 Å². The highest BCUT2D eigenvalue weighted by Gasteiger charge is 2.20. The van der Waals surface area contributed by atoms with Gasteiger partial charge in [-0.3, -0.25) is 0 Å². The van der Waals surface area contributed by atoms with E-state index in [-0.39, 0.29) is 11.5 Å². The molecule has 128 valence electrons. The van der Waals surface area contributed by atoms with E-state index in [1.165, 1.54) is 24.1 Å². The van der Waals surface area contributed by atoms with E-state index in [0.717, 1.165) is 17.7 Å². The standard InChI is InChI=1S/C20H16F3NO/c1-12-6-7-14(13-4-3-5-15(21)10-13)11-17(12)24(2)20-16(22)8-9-18(25)19(20)23/h3-11,25H,1-2H3. The van der Waals surface area contributed by atoms with E-state index in [0.29, 0.717) is 16.8 Å². The highest BCUT2D eigenvalue weighted by Crippen LogP contribution is 2.36. The first-order chi connectivity index (χ1) is 11.9. The Morgan fingerprint density at radius 1 is 0.880 bits per heavy atom. The van der Waals surface area contributed by atoms with E-state index in [2.05, 4.69) is 0 Å². The number of hydrogen-bond acceptors (Lipinski definition) is 2. The van der Waals surface area contributed by atoms with E-state index in [4.69, 9.17) is 0 Å². The van der Waals surface area contributed by atoms with Crippen molar-refractivity contribution in [3.8, 4) is 16.9 Å². The number of halogens is 3. The summed E-state index contributed by atoms with van der Waals surface area (Å²) >= 11 is 0. The van der Waals surface area contributed by atoms with Gasteiger partial charge in [-0.25, -0.2) is 13.2 Å². The maximum atomic E-state index is 14.2. The minimum atomic E-state index is -1.03. The minimum Gasteiger partial charge on any atom is -0.505 e. The number of hydrogen-bond donors (Lipinski definition) is 1. The molecule has 5 heteroatoms. The van der Waals surface area contributed by atoms with Crippen LogP contribution in [-0.2, 0) is 0 Å². The fourth-order valence-corrected chi connectivity index (χ4v) is 2.78. The van der Waals surface area contributed by atoms with Gasteiger partial charge in [-0.1, -0.05) is 24.3 Å². The number of phenols is 1. The van der Waals surface area contributed by atoms with Crippen LogP contribution in [-0.4, -0.2) is 12.2 Å². The van der Waals surface area contributed by atoms with Gasteiger partial charge in [-0.05, 0) is 53.9 Å². The summed E-state index contributed by atoms with van der Waals surface area (Å²) in [5.41, 5.74) is 2.36. The van der Waals surface area contributed by atoms with Crippen LogP contribution in [0.4, 0.5) is 24.5 Å². The molecule has 0 bridgehead atoms. The summed E-state index contributed by atoms with van der Waals surface area (Å²) in [6.45, 7) is 1.81. The predicted octanol–water partition coefficient (Wildman–Crippen LogP) is 5.55. The molecule has 0 saturated heterocycles. The van der Waals surface area contributed by atoms with Gasteiger partial charge in [-0.2, -0.15) is 0 Å². The highest BCUT2D eigenvalue weighted by molar-refractivity contribution is 5.75. The topological polar surface area (TPSA) is 23.5 Å². The largest absolute Gasteiger partial charge is 0.505 e.